The van der Waals surface area contributed by atoms with Gasteiger partial charge in [0, 0.05) is 21.1 Å². The van der Waals surface area contributed by atoms with Gasteiger partial charge in [0.15, 0.2) is 0 Å². The van der Waals surface area contributed by atoms with Crippen LogP contribution < -0.4 is 0 Å². The average molecular weight is 478 g/mol. The second-order valence-corrected chi connectivity index (χ2v) is 2.91. The maximum Gasteiger partial charge on any atom is 0 e. The van der Waals surface area contributed by atoms with Crippen molar-refractivity contribution in [2.45, 2.75) is 0 Å². The van der Waals surface area contributed by atoms with Gasteiger partial charge in [0.25, 0.3) is 0 Å². The van der Waals surface area contributed by atoms with Crippen molar-refractivity contribution in [1.29, 1.82) is 0 Å². The van der Waals surface area contributed by atoms with E-state index in [2.05, 4.69) is -5.26 Å². The summed E-state index contributed by atoms with van der Waals surface area (Å²) in [4.78, 5) is 0. The maximum absolute atomic E-state index is 3.68. The van der Waals surface area contributed by atoms with Crippen LogP contribution in [0.5, 0.6) is 0 Å². The van der Waals surface area contributed by atoms with Gasteiger partial charge in [-0.3, -0.25) is 0 Å². The van der Waals surface area contributed by atoms with Crippen LogP contribution in [0.25, 0.3) is 0 Å². The molecule has 0 saturated carbocycles. The topological polar surface area (TPSA) is 24.7 Å². The summed E-state index contributed by atoms with van der Waals surface area (Å²) < 4.78 is 7.36. The Hall–Kier alpha value is 4.39. The molecule has 0 N–H and O–H groups in total. The van der Waals surface area contributed by atoms with Crippen LogP contribution in [0.15, 0.2) is -5.26 Å². The minimum absolute atomic E-state index is 0. The number of rotatable bonds is 0. The van der Waals surface area contributed by atoms with Crippen LogP contribution in [0.4, 0.5) is 0 Å². The van der Waals surface area contributed by atoms with Crippen molar-refractivity contribution in [2.24, 2.45) is -5.26 Å². The zero-order chi connectivity index (χ0) is 3.41. The Morgan fingerprint density at radius 2 is 1.20 bits per heavy atom. The van der Waals surface area contributed by atoms with Crippen molar-refractivity contribution >= 4 is 133 Å². The van der Waals surface area contributed by atoms with Crippen LogP contribution in [0, 0.1) is 0 Å². The SMILES string of the molecule is [Cs][N]=[N][Cs].[W]. The second kappa shape index (κ2) is 11.2. The molecule has 0 atom stereocenters. The van der Waals surface area contributed by atoms with Crippen molar-refractivity contribution in [3.05, 3.63) is 0 Å². The fourth-order valence-corrected chi connectivity index (χ4v) is 0. The summed E-state index contributed by atoms with van der Waals surface area (Å²) in [6.07, 6.45) is 0. The summed E-state index contributed by atoms with van der Waals surface area (Å²) in [5, 5.41) is 0. The third kappa shape index (κ3) is 11.8. The predicted octanol–water partition coefficient (Wildman–Crippen LogP) is -0.397. The van der Waals surface area contributed by atoms with Gasteiger partial charge in [0.05, 0.1) is 0 Å². The fourth-order valence-electron chi connectivity index (χ4n) is 0. The molecule has 0 aromatic heterocycles. The molecule has 0 aromatic carbocycles. The summed E-state index contributed by atoms with van der Waals surface area (Å²) in [6, 6.07) is 0. The zero-order valence-electron chi connectivity index (χ0n) is 3.30. The van der Waals surface area contributed by atoms with E-state index in [1.54, 1.807) is 0 Å². The molecule has 0 aliphatic heterocycles. The number of hydrogen-bond acceptors (Lipinski definition) is 2. The van der Waals surface area contributed by atoms with E-state index in [1.165, 1.54) is 0 Å². The molecule has 0 saturated heterocycles. The van der Waals surface area contributed by atoms with Crippen molar-refractivity contribution in [1.82, 2.24) is 0 Å². The van der Waals surface area contributed by atoms with Gasteiger partial charge in [-0.2, -0.15) is 0 Å². The molecule has 0 unspecified atom stereocenters. The molecule has 0 spiro atoms. The molecule has 0 bridgehead atoms. The first-order valence-corrected chi connectivity index (χ1v) is 6.71. The molecule has 2 nitrogen and oxygen atoms in total. The summed E-state index contributed by atoms with van der Waals surface area (Å²) in [5.41, 5.74) is 0. The maximum atomic E-state index is 3.68. The summed E-state index contributed by atoms with van der Waals surface area (Å²) >= 11 is 0.858. The number of hydrogen-bond donors (Lipinski definition) is 0. The van der Waals surface area contributed by atoms with Crippen LogP contribution in [-0.4, -0.2) is 133 Å². The third-order valence-electron chi connectivity index (χ3n) is 0.200. The molecule has 0 aliphatic carbocycles. The molecule has 18 valence electrons. The quantitative estimate of drug-likeness (QED) is 0.425. The summed E-state index contributed by atoms with van der Waals surface area (Å²) in [7, 11) is 0. The van der Waals surface area contributed by atoms with Crippen molar-refractivity contribution in [3.63, 3.8) is 0 Å². The van der Waals surface area contributed by atoms with Crippen LogP contribution >= 0.6 is 0 Å². The molecule has 0 amide bonds. The van der Waals surface area contributed by atoms with Crippen molar-refractivity contribution in [3.8, 4) is 0 Å². The van der Waals surface area contributed by atoms with Gasteiger partial charge in [-0.15, -0.1) is 0 Å². The van der Waals surface area contributed by atoms with Gasteiger partial charge in [-0.1, -0.05) is 0 Å². The largest absolute Gasteiger partial charge is 0 e. The van der Waals surface area contributed by atoms with Crippen LogP contribution in [0.2, 0.25) is 0 Å². The van der Waals surface area contributed by atoms with Crippen LogP contribution in [0.3, 0.4) is 0 Å². The molecule has 0 rings (SSSR count). The van der Waals surface area contributed by atoms with E-state index in [-0.39, 0.29) is 21.1 Å². The smallest absolute Gasteiger partial charge is 0 e. The Kier molecular flexibility index (Phi) is 27.2. The van der Waals surface area contributed by atoms with E-state index in [4.69, 9.17) is 0 Å². The minimum Gasteiger partial charge on any atom is 0 e. The third-order valence-corrected chi connectivity index (χ3v) is 10.6. The van der Waals surface area contributed by atoms with Gasteiger partial charge in [-0.05, 0) is 0 Å². The molecule has 0 aromatic rings. The molecular formula is Cs2N2W. The van der Waals surface area contributed by atoms with Crippen molar-refractivity contribution < 1.29 is 21.1 Å². The molecule has 5 heteroatoms. The Morgan fingerprint density at radius 1 is 1.00 bits per heavy atom. The molecule has 5 heavy (non-hydrogen) atoms. The van der Waals surface area contributed by atoms with E-state index >= 15 is 0 Å². The van der Waals surface area contributed by atoms with Gasteiger partial charge >= 0.3 is 128 Å². The predicted molar refractivity (Wildman–Crippen MR) is 16.4 cm³/mol. The monoisotopic (exact) mass is 478 g/mol. The molecule has 0 heterocycles. The average Bonchev–Trinajstić information content (AvgIpc) is 1.37. The Balaban J connectivity index is 0. The first-order valence-electron chi connectivity index (χ1n) is 1.09. The summed E-state index contributed by atoms with van der Waals surface area (Å²) in [6.45, 7) is 0. The fraction of sp³-hybridized carbons (Fsp3) is 0. The van der Waals surface area contributed by atoms with Crippen molar-refractivity contribution in [2.75, 3.05) is 0 Å². The van der Waals surface area contributed by atoms with Gasteiger partial charge in [0.2, 0.25) is 0 Å². The first-order chi connectivity index (χ1) is 1.91. The van der Waals surface area contributed by atoms with E-state index < -0.39 is 0 Å². The first kappa shape index (κ1) is 12.1. The van der Waals surface area contributed by atoms with Gasteiger partial charge < -0.3 is 0 Å². The Labute approximate surface area is 142 Å². The zero-order valence-corrected chi connectivity index (χ0v) is 18.8. The normalized spacial score (nSPS) is 8.00. The minimum atomic E-state index is 0. The Bertz CT molecular complexity index is 22.8. The van der Waals surface area contributed by atoms with E-state index in [0.29, 0.717) is 133 Å². The Morgan fingerprint density at radius 3 is 1.20 bits per heavy atom. The molecule has 0 aliphatic rings. The number of nitrogens with zero attached hydrogens (tertiary/aromatic N) is 2. The van der Waals surface area contributed by atoms with Gasteiger partial charge in [-0.25, -0.2) is 0 Å². The molecular weight excluding hydrogens is 478 g/mol. The second-order valence-electron chi connectivity index (χ2n) is 0.400. The molecule has 0 fully saturated rings. The van der Waals surface area contributed by atoms with Crippen LogP contribution in [0.1, 0.15) is 0 Å². The summed E-state index contributed by atoms with van der Waals surface area (Å²) in [5.74, 6) is 0. The van der Waals surface area contributed by atoms with E-state index in [0.717, 1.165) is 0 Å². The molecule has 0 radical (unpaired) electrons. The van der Waals surface area contributed by atoms with Crippen LogP contribution in [-0.2, 0) is 21.1 Å². The van der Waals surface area contributed by atoms with E-state index in [1.807, 2.05) is 0 Å². The van der Waals surface area contributed by atoms with E-state index in [9.17, 15) is 0 Å². The standard InChI is InChI=1S/2Cs.N2.W/c;;1-2;/q2*+1;-2;. The van der Waals surface area contributed by atoms with Gasteiger partial charge in [0.1, 0.15) is 0 Å².